The summed E-state index contributed by atoms with van der Waals surface area (Å²) in [7, 11) is 1.75. The highest BCUT2D eigenvalue weighted by Gasteiger charge is 2.27. The molecule has 1 saturated carbocycles. The molecule has 98 valence electrons. The highest BCUT2D eigenvalue weighted by atomic mass is 16.3. The summed E-state index contributed by atoms with van der Waals surface area (Å²) in [6.45, 7) is 0.595. The molecule has 0 spiro atoms. The third-order valence-electron chi connectivity index (χ3n) is 3.41. The van der Waals surface area contributed by atoms with E-state index in [1.54, 1.807) is 36.5 Å². The molecule has 2 amide bonds. The first-order valence-electron chi connectivity index (χ1n) is 6.27. The van der Waals surface area contributed by atoms with Crippen LogP contribution in [0.1, 0.15) is 19.3 Å². The number of hydrogen-bond acceptors (Lipinski definition) is 3. The molecule has 18 heavy (non-hydrogen) atoms. The number of aliphatic hydroxyl groups is 1. The summed E-state index contributed by atoms with van der Waals surface area (Å²) in [5.41, 5.74) is 0.730. The van der Waals surface area contributed by atoms with Gasteiger partial charge in [0, 0.05) is 37.6 Å². The van der Waals surface area contributed by atoms with Gasteiger partial charge in [0.25, 0.3) is 0 Å². The number of rotatable bonds is 3. The Kier molecular flexibility index (Phi) is 4.15. The second kappa shape index (κ2) is 5.82. The van der Waals surface area contributed by atoms with E-state index in [9.17, 15) is 9.90 Å². The van der Waals surface area contributed by atoms with Crippen LogP contribution in [0.4, 0.5) is 10.5 Å². The van der Waals surface area contributed by atoms with E-state index >= 15 is 0 Å². The quantitative estimate of drug-likeness (QED) is 0.857. The van der Waals surface area contributed by atoms with Crippen LogP contribution in [0, 0.1) is 5.92 Å². The van der Waals surface area contributed by atoms with E-state index < -0.39 is 0 Å². The molecule has 0 bridgehead atoms. The lowest BCUT2D eigenvalue weighted by atomic mass is 10.1. The maximum atomic E-state index is 11.9. The number of urea groups is 1. The molecule has 1 aromatic heterocycles. The van der Waals surface area contributed by atoms with Crippen LogP contribution < -0.4 is 5.32 Å². The fraction of sp³-hybridized carbons (Fsp3) is 0.538. The molecule has 0 aromatic carbocycles. The zero-order chi connectivity index (χ0) is 13.0. The van der Waals surface area contributed by atoms with Crippen LogP contribution in [0.15, 0.2) is 24.5 Å². The summed E-state index contributed by atoms with van der Waals surface area (Å²) in [5, 5.41) is 12.5. The van der Waals surface area contributed by atoms with Crippen molar-refractivity contribution in [3.8, 4) is 0 Å². The number of nitrogens with one attached hydrogen (secondary N) is 1. The molecule has 0 radical (unpaired) electrons. The van der Waals surface area contributed by atoms with Crippen LogP contribution in [-0.2, 0) is 0 Å². The summed E-state index contributed by atoms with van der Waals surface area (Å²) in [5.74, 6) is 0.207. The summed E-state index contributed by atoms with van der Waals surface area (Å²) < 4.78 is 0. The van der Waals surface area contributed by atoms with Gasteiger partial charge in [0.2, 0.25) is 0 Å². The van der Waals surface area contributed by atoms with E-state index in [1.807, 2.05) is 0 Å². The van der Waals surface area contributed by atoms with Gasteiger partial charge in [-0.3, -0.25) is 4.98 Å². The Balaban J connectivity index is 1.85. The molecular formula is C13H19N3O2. The van der Waals surface area contributed by atoms with Crippen molar-refractivity contribution in [3.05, 3.63) is 24.5 Å². The van der Waals surface area contributed by atoms with Crippen molar-refractivity contribution >= 4 is 11.7 Å². The molecule has 1 aliphatic rings. The van der Waals surface area contributed by atoms with Gasteiger partial charge in [0.15, 0.2) is 0 Å². The van der Waals surface area contributed by atoms with Crippen molar-refractivity contribution in [2.24, 2.45) is 5.92 Å². The van der Waals surface area contributed by atoms with Crippen molar-refractivity contribution in [2.45, 2.75) is 25.4 Å². The average Bonchev–Trinajstić information content (AvgIpc) is 2.76. The lowest BCUT2D eigenvalue weighted by Gasteiger charge is -2.23. The van der Waals surface area contributed by atoms with Gasteiger partial charge in [-0.15, -0.1) is 0 Å². The van der Waals surface area contributed by atoms with Crippen LogP contribution in [0.25, 0.3) is 0 Å². The molecular weight excluding hydrogens is 230 g/mol. The minimum absolute atomic E-state index is 0.152. The first-order chi connectivity index (χ1) is 8.66. The molecule has 1 heterocycles. The summed E-state index contributed by atoms with van der Waals surface area (Å²) in [6, 6.07) is 3.34. The van der Waals surface area contributed by atoms with Crippen LogP contribution in [-0.4, -0.2) is 40.7 Å². The standard InChI is InChI=1S/C13H19N3O2/c1-16(9-10-3-2-4-12(10)17)13(18)15-11-5-7-14-8-6-11/h5-8,10,12,17H,2-4,9H2,1H3,(H,14,15,18). The molecule has 1 aromatic rings. The first kappa shape index (κ1) is 12.8. The number of carbonyl (C=O) groups is 1. The van der Waals surface area contributed by atoms with Gasteiger partial charge in [-0.2, -0.15) is 0 Å². The van der Waals surface area contributed by atoms with Crippen molar-refractivity contribution in [1.29, 1.82) is 0 Å². The maximum absolute atomic E-state index is 11.9. The Morgan fingerprint density at radius 3 is 2.83 bits per heavy atom. The number of hydrogen-bond donors (Lipinski definition) is 2. The Morgan fingerprint density at radius 1 is 1.50 bits per heavy atom. The van der Waals surface area contributed by atoms with E-state index in [0.29, 0.717) is 6.54 Å². The Bertz CT molecular complexity index is 396. The number of amides is 2. The molecule has 1 fully saturated rings. The Hall–Kier alpha value is -1.62. The minimum Gasteiger partial charge on any atom is -0.393 e. The van der Waals surface area contributed by atoms with E-state index in [4.69, 9.17) is 0 Å². The fourth-order valence-electron chi connectivity index (χ4n) is 2.32. The van der Waals surface area contributed by atoms with Crippen molar-refractivity contribution in [1.82, 2.24) is 9.88 Å². The highest BCUT2D eigenvalue weighted by molar-refractivity contribution is 5.88. The predicted molar refractivity (Wildman–Crippen MR) is 69.2 cm³/mol. The van der Waals surface area contributed by atoms with Gasteiger partial charge in [-0.1, -0.05) is 6.42 Å². The first-order valence-corrected chi connectivity index (χ1v) is 6.27. The topological polar surface area (TPSA) is 65.5 Å². The molecule has 0 saturated heterocycles. The number of nitrogens with zero attached hydrogens (tertiary/aromatic N) is 2. The molecule has 1 aliphatic carbocycles. The lowest BCUT2D eigenvalue weighted by molar-refractivity contribution is 0.116. The van der Waals surface area contributed by atoms with Gasteiger partial charge < -0.3 is 15.3 Å². The molecule has 2 N–H and O–H groups in total. The van der Waals surface area contributed by atoms with E-state index in [2.05, 4.69) is 10.3 Å². The third kappa shape index (κ3) is 3.20. The summed E-state index contributed by atoms with van der Waals surface area (Å²) >= 11 is 0. The molecule has 2 unspecified atom stereocenters. The van der Waals surface area contributed by atoms with Crippen LogP contribution in [0.2, 0.25) is 0 Å². The van der Waals surface area contributed by atoms with Gasteiger partial charge in [0.05, 0.1) is 6.10 Å². The van der Waals surface area contributed by atoms with Gasteiger partial charge in [0.1, 0.15) is 0 Å². The lowest BCUT2D eigenvalue weighted by Crippen LogP contribution is -2.37. The largest absolute Gasteiger partial charge is 0.393 e. The molecule has 2 rings (SSSR count). The fourth-order valence-corrected chi connectivity index (χ4v) is 2.32. The number of anilines is 1. The average molecular weight is 249 g/mol. The molecule has 5 heteroatoms. The maximum Gasteiger partial charge on any atom is 0.321 e. The number of carbonyl (C=O) groups excluding carboxylic acids is 1. The summed E-state index contributed by atoms with van der Waals surface area (Å²) in [6.07, 6.45) is 5.90. The van der Waals surface area contributed by atoms with Crippen LogP contribution in [0.5, 0.6) is 0 Å². The second-order valence-corrected chi connectivity index (χ2v) is 4.80. The normalized spacial score (nSPS) is 22.8. The number of aliphatic hydroxyl groups excluding tert-OH is 1. The number of aromatic nitrogens is 1. The number of pyridine rings is 1. The predicted octanol–water partition coefficient (Wildman–Crippen LogP) is 1.71. The van der Waals surface area contributed by atoms with Gasteiger partial charge in [-0.05, 0) is 25.0 Å². The SMILES string of the molecule is CN(CC1CCCC1O)C(=O)Nc1ccncc1. The highest BCUT2D eigenvalue weighted by Crippen LogP contribution is 2.26. The van der Waals surface area contributed by atoms with E-state index in [-0.39, 0.29) is 18.1 Å². The molecule has 0 aliphatic heterocycles. The zero-order valence-electron chi connectivity index (χ0n) is 10.5. The van der Waals surface area contributed by atoms with E-state index in [0.717, 1.165) is 24.9 Å². The van der Waals surface area contributed by atoms with Crippen LogP contribution >= 0.6 is 0 Å². The molecule has 5 nitrogen and oxygen atoms in total. The summed E-state index contributed by atoms with van der Waals surface area (Å²) in [4.78, 5) is 17.4. The van der Waals surface area contributed by atoms with Crippen molar-refractivity contribution in [2.75, 3.05) is 18.9 Å². The Morgan fingerprint density at radius 2 is 2.22 bits per heavy atom. The van der Waals surface area contributed by atoms with Crippen LogP contribution in [0.3, 0.4) is 0 Å². The Labute approximate surface area is 107 Å². The minimum atomic E-state index is -0.263. The zero-order valence-corrected chi connectivity index (χ0v) is 10.5. The third-order valence-corrected chi connectivity index (χ3v) is 3.41. The van der Waals surface area contributed by atoms with Gasteiger partial charge in [-0.25, -0.2) is 4.79 Å². The van der Waals surface area contributed by atoms with E-state index in [1.165, 1.54) is 0 Å². The van der Waals surface area contributed by atoms with Crippen molar-refractivity contribution < 1.29 is 9.90 Å². The molecule has 2 atom stereocenters. The van der Waals surface area contributed by atoms with Crippen molar-refractivity contribution in [3.63, 3.8) is 0 Å². The second-order valence-electron chi connectivity index (χ2n) is 4.80. The van der Waals surface area contributed by atoms with Gasteiger partial charge >= 0.3 is 6.03 Å². The smallest absolute Gasteiger partial charge is 0.321 e. The monoisotopic (exact) mass is 249 g/mol.